The first-order valence-corrected chi connectivity index (χ1v) is 8.47. The number of rotatable bonds is 8. The van der Waals surface area contributed by atoms with Crippen molar-refractivity contribution in [2.45, 2.75) is 24.9 Å². The summed E-state index contributed by atoms with van der Waals surface area (Å²) in [6, 6.07) is 5.73. The highest BCUT2D eigenvalue weighted by atomic mass is 32.2. The van der Waals surface area contributed by atoms with Crippen molar-refractivity contribution in [3.05, 3.63) is 51.7 Å². The SMILES string of the molecule is CCOC(=O)CC(=O)CSc1nnc(Cc2ccc(F)cc2)c(=O)[nH]1. The highest BCUT2D eigenvalue weighted by molar-refractivity contribution is 7.99. The second-order valence-electron chi connectivity index (χ2n) is 5.02. The van der Waals surface area contributed by atoms with E-state index >= 15 is 0 Å². The van der Waals surface area contributed by atoms with Crippen LogP contribution in [0, 0.1) is 5.82 Å². The second-order valence-corrected chi connectivity index (χ2v) is 5.98. The van der Waals surface area contributed by atoms with Gasteiger partial charge in [0.25, 0.3) is 5.56 Å². The molecule has 2 aromatic rings. The van der Waals surface area contributed by atoms with Gasteiger partial charge in [0, 0.05) is 6.42 Å². The van der Waals surface area contributed by atoms with Crippen LogP contribution >= 0.6 is 11.8 Å². The Morgan fingerprint density at radius 2 is 1.96 bits per heavy atom. The predicted molar refractivity (Wildman–Crippen MR) is 88.8 cm³/mol. The molecule has 0 saturated heterocycles. The summed E-state index contributed by atoms with van der Waals surface area (Å²) in [4.78, 5) is 37.4. The summed E-state index contributed by atoms with van der Waals surface area (Å²) in [5.41, 5.74) is 0.486. The van der Waals surface area contributed by atoms with Crippen molar-refractivity contribution < 1.29 is 18.7 Å². The molecule has 0 spiro atoms. The topological polar surface area (TPSA) is 102 Å². The molecule has 2 rings (SSSR count). The maximum Gasteiger partial charge on any atom is 0.313 e. The number of carbonyl (C=O) groups is 2. The molecule has 1 N–H and O–H groups in total. The van der Waals surface area contributed by atoms with Gasteiger partial charge in [-0.05, 0) is 24.6 Å². The van der Waals surface area contributed by atoms with Crippen LogP contribution < -0.4 is 5.56 Å². The third-order valence-electron chi connectivity index (χ3n) is 3.05. The first-order chi connectivity index (χ1) is 12.0. The van der Waals surface area contributed by atoms with E-state index in [1.54, 1.807) is 19.1 Å². The molecule has 1 aromatic heterocycles. The van der Waals surface area contributed by atoms with Gasteiger partial charge in [0.1, 0.15) is 17.9 Å². The lowest BCUT2D eigenvalue weighted by molar-refractivity contribution is -0.145. The van der Waals surface area contributed by atoms with Gasteiger partial charge in [-0.2, -0.15) is 0 Å². The van der Waals surface area contributed by atoms with Gasteiger partial charge in [0.15, 0.2) is 10.9 Å². The van der Waals surface area contributed by atoms with Crippen molar-refractivity contribution in [3.63, 3.8) is 0 Å². The number of carbonyl (C=O) groups excluding carboxylic acids is 2. The summed E-state index contributed by atoms with van der Waals surface area (Å²) in [6.07, 6.45) is -0.101. The molecule has 7 nitrogen and oxygen atoms in total. The van der Waals surface area contributed by atoms with Gasteiger partial charge in [-0.1, -0.05) is 23.9 Å². The molecule has 0 saturated carbocycles. The summed E-state index contributed by atoms with van der Waals surface area (Å²) in [5, 5.41) is 7.89. The summed E-state index contributed by atoms with van der Waals surface area (Å²) in [5.74, 6) is -1.30. The molecule has 0 aliphatic rings. The summed E-state index contributed by atoms with van der Waals surface area (Å²) < 4.78 is 17.6. The van der Waals surface area contributed by atoms with E-state index in [1.807, 2.05) is 0 Å². The fourth-order valence-corrected chi connectivity index (χ4v) is 2.56. The molecule has 0 fully saturated rings. The zero-order chi connectivity index (χ0) is 18.2. The minimum atomic E-state index is -0.581. The number of benzene rings is 1. The molecular formula is C16H16FN3O4S. The number of nitrogens with zero attached hydrogens (tertiary/aromatic N) is 2. The molecule has 0 amide bonds. The van der Waals surface area contributed by atoms with Crippen LogP contribution in [0.25, 0.3) is 0 Å². The molecule has 9 heteroatoms. The molecule has 0 aliphatic heterocycles. The van der Waals surface area contributed by atoms with E-state index in [0.29, 0.717) is 0 Å². The molecule has 1 heterocycles. The number of esters is 1. The number of hydrogen-bond donors (Lipinski definition) is 1. The van der Waals surface area contributed by atoms with Crippen molar-refractivity contribution in [1.29, 1.82) is 0 Å². The van der Waals surface area contributed by atoms with Gasteiger partial charge in [-0.15, -0.1) is 10.2 Å². The number of aromatic nitrogens is 3. The van der Waals surface area contributed by atoms with E-state index in [2.05, 4.69) is 19.9 Å². The number of aromatic amines is 1. The predicted octanol–water partition coefficient (Wildman–Crippen LogP) is 1.51. The average Bonchev–Trinajstić information content (AvgIpc) is 2.57. The third-order valence-corrected chi connectivity index (χ3v) is 3.97. The van der Waals surface area contributed by atoms with Crippen LogP contribution in [0.15, 0.2) is 34.2 Å². The van der Waals surface area contributed by atoms with Gasteiger partial charge in [0.2, 0.25) is 0 Å². The molecule has 1 aromatic carbocycles. The maximum atomic E-state index is 12.9. The van der Waals surface area contributed by atoms with Crippen molar-refractivity contribution in [3.8, 4) is 0 Å². The van der Waals surface area contributed by atoms with Gasteiger partial charge in [-0.3, -0.25) is 19.4 Å². The highest BCUT2D eigenvalue weighted by Gasteiger charge is 2.12. The first kappa shape index (κ1) is 18.8. The normalized spacial score (nSPS) is 10.5. The largest absolute Gasteiger partial charge is 0.466 e. The van der Waals surface area contributed by atoms with Crippen LogP contribution in [0.1, 0.15) is 24.6 Å². The number of hydrogen-bond acceptors (Lipinski definition) is 7. The number of halogens is 1. The van der Waals surface area contributed by atoms with Crippen LogP contribution in [0.2, 0.25) is 0 Å². The van der Waals surface area contributed by atoms with E-state index in [1.165, 1.54) is 12.1 Å². The Kier molecular flexibility index (Phi) is 6.81. The van der Waals surface area contributed by atoms with E-state index in [0.717, 1.165) is 17.3 Å². The molecule has 132 valence electrons. The third kappa shape index (κ3) is 6.11. The Hall–Kier alpha value is -2.55. The Morgan fingerprint density at radius 3 is 2.60 bits per heavy atom. The quantitative estimate of drug-likeness (QED) is 0.430. The maximum absolute atomic E-state index is 12.9. The van der Waals surface area contributed by atoms with Crippen LogP contribution in [-0.4, -0.2) is 39.3 Å². The summed E-state index contributed by atoms with van der Waals surface area (Å²) >= 11 is 0.984. The molecule has 0 radical (unpaired) electrons. The molecule has 0 aliphatic carbocycles. The van der Waals surface area contributed by atoms with Crippen LogP contribution in [0.3, 0.4) is 0 Å². The summed E-state index contributed by atoms with van der Waals surface area (Å²) in [7, 11) is 0. The first-order valence-electron chi connectivity index (χ1n) is 7.48. The number of thioether (sulfide) groups is 1. The van der Waals surface area contributed by atoms with Crippen LogP contribution in [0.4, 0.5) is 4.39 Å². The van der Waals surface area contributed by atoms with E-state index < -0.39 is 11.5 Å². The monoisotopic (exact) mass is 365 g/mol. The average molecular weight is 365 g/mol. The molecule has 25 heavy (non-hydrogen) atoms. The van der Waals surface area contributed by atoms with Crippen LogP contribution in [-0.2, 0) is 20.7 Å². The lowest BCUT2D eigenvalue weighted by Gasteiger charge is -2.03. The molecule has 0 unspecified atom stereocenters. The number of ketones is 1. The number of nitrogens with one attached hydrogen (secondary N) is 1. The fourth-order valence-electron chi connectivity index (χ4n) is 1.89. The smallest absolute Gasteiger partial charge is 0.313 e. The Balaban J connectivity index is 1.93. The second kappa shape index (κ2) is 9.07. The van der Waals surface area contributed by atoms with Crippen LogP contribution in [0.5, 0.6) is 0 Å². The molecule has 0 atom stereocenters. The Labute approximate surface area is 147 Å². The van der Waals surface area contributed by atoms with Gasteiger partial charge >= 0.3 is 5.97 Å². The fraction of sp³-hybridized carbons (Fsp3) is 0.312. The Morgan fingerprint density at radius 1 is 1.24 bits per heavy atom. The van der Waals surface area contributed by atoms with Crippen molar-refractivity contribution >= 4 is 23.5 Å². The number of ether oxygens (including phenoxy) is 1. The highest BCUT2D eigenvalue weighted by Crippen LogP contribution is 2.12. The lowest BCUT2D eigenvalue weighted by atomic mass is 10.1. The van der Waals surface area contributed by atoms with E-state index in [9.17, 15) is 18.8 Å². The number of H-pyrrole nitrogens is 1. The molecular weight excluding hydrogens is 349 g/mol. The minimum Gasteiger partial charge on any atom is -0.466 e. The van der Waals surface area contributed by atoms with Crippen molar-refractivity contribution in [2.24, 2.45) is 0 Å². The van der Waals surface area contributed by atoms with Gasteiger partial charge in [-0.25, -0.2) is 4.39 Å². The van der Waals surface area contributed by atoms with E-state index in [-0.39, 0.29) is 47.7 Å². The van der Waals surface area contributed by atoms with Crippen molar-refractivity contribution in [1.82, 2.24) is 15.2 Å². The molecule has 0 bridgehead atoms. The lowest BCUT2D eigenvalue weighted by Crippen LogP contribution is -2.18. The standard InChI is InChI=1S/C16H16FN3O4S/c1-2-24-14(22)8-12(21)9-25-16-18-15(23)13(19-20-16)7-10-3-5-11(17)6-4-10/h3-6H,2,7-9H2,1H3,(H,18,20,23). The van der Waals surface area contributed by atoms with Crippen molar-refractivity contribution in [2.75, 3.05) is 12.4 Å². The zero-order valence-corrected chi connectivity index (χ0v) is 14.3. The van der Waals surface area contributed by atoms with Gasteiger partial charge < -0.3 is 4.74 Å². The number of Topliss-reactive ketones (excluding diaryl/α,β-unsaturated/α-hetero) is 1. The van der Waals surface area contributed by atoms with Gasteiger partial charge in [0.05, 0.1) is 12.4 Å². The van der Waals surface area contributed by atoms with E-state index in [4.69, 9.17) is 0 Å². The zero-order valence-electron chi connectivity index (χ0n) is 13.5. The summed E-state index contributed by atoms with van der Waals surface area (Å²) in [6.45, 7) is 1.87. The minimum absolute atomic E-state index is 0.0270. The Bertz CT molecular complexity index is 808.